The molecular formula is C16H25F3N2O2. The van der Waals surface area contributed by atoms with Crippen molar-refractivity contribution in [1.82, 2.24) is 10.2 Å². The first kappa shape index (κ1) is 17.0. The van der Waals surface area contributed by atoms with E-state index in [1.807, 2.05) is 6.92 Å². The summed E-state index contributed by atoms with van der Waals surface area (Å²) in [5, 5.41) is 3.26. The van der Waals surface area contributed by atoms with E-state index < -0.39 is 12.1 Å². The van der Waals surface area contributed by atoms with Gasteiger partial charge in [0.25, 0.3) is 0 Å². The molecule has 0 aromatic carbocycles. The highest BCUT2D eigenvalue weighted by atomic mass is 19.4. The van der Waals surface area contributed by atoms with E-state index in [0.717, 1.165) is 32.4 Å². The lowest BCUT2D eigenvalue weighted by molar-refractivity contribution is -0.194. The topological polar surface area (TPSA) is 41.6 Å². The van der Waals surface area contributed by atoms with Crippen molar-refractivity contribution in [2.24, 2.45) is 5.92 Å². The van der Waals surface area contributed by atoms with E-state index >= 15 is 0 Å². The Kier molecular flexibility index (Phi) is 4.62. The van der Waals surface area contributed by atoms with Gasteiger partial charge in [-0.25, -0.2) is 0 Å². The molecule has 1 spiro atoms. The van der Waals surface area contributed by atoms with Crippen molar-refractivity contribution in [3.8, 4) is 0 Å². The Morgan fingerprint density at radius 2 is 2.04 bits per heavy atom. The summed E-state index contributed by atoms with van der Waals surface area (Å²) in [6, 6.07) is -0.589. The summed E-state index contributed by atoms with van der Waals surface area (Å²) >= 11 is 0. The van der Waals surface area contributed by atoms with Crippen molar-refractivity contribution in [2.45, 2.75) is 69.3 Å². The number of amides is 1. The van der Waals surface area contributed by atoms with Crippen molar-refractivity contribution in [3.63, 3.8) is 0 Å². The highest BCUT2D eigenvalue weighted by molar-refractivity contribution is 5.83. The lowest BCUT2D eigenvalue weighted by Gasteiger charge is -2.47. The summed E-state index contributed by atoms with van der Waals surface area (Å²) in [7, 11) is 0. The molecule has 3 atom stereocenters. The largest absolute Gasteiger partial charge is 0.471 e. The molecule has 3 rings (SSSR count). The summed E-state index contributed by atoms with van der Waals surface area (Å²) in [6.07, 6.45) is -0.624. The Hall–Kier alpha value is -0.820. The predicted molar refractivity (Wildman–Crippen MR) is 78.9 cm³/mol. The number of rotatable bonds is 3. The van der Waals surface area contributed by atoms with Gasteiger partial charge >= 0.3 is 12.1 Å². The number of halogens is 3. The summed E-state index contributed by atoms with van der Waals surface area (Å²) in [6.45, 7) is 4.05. The second kappa shape index (κ2) is 6.24. The highest BCUT2D eigenvalue weighted by Gasteiger charge is 2.54. The van der Waals surface area contributed by atoms with Gasteiger partial charge < -0.3 is 15.0 Å². The van der Waals surface area contributed by atoms with Crippen LogP contribution in [0.15, 0.2) is 0 Å². The molecule has 1 saturated carbocycles. The molecule has 3 aliphatic rings. The lowest BCUT2D eigenvalue weighted by Crippen LogP contribution is -2.56. The Balaban J connectivity index is 1.77. The second-order valence-corrected chi connectivity index (χ2v) is 7.11. The van der Waals surface area contributed by atoms with Gasteiger partial charge in [0.1, 0.15) is 0 Å². The average Bonchev–Trinajstić information content (AvgIpc) is 3.27. The third kappa shape index (κ3) is 3.50. The van der Waals surface area contributed by atoms with Gasteiger partial charge in [0.15, 0.2) is 0 Å². The molecule has 0 aromatic heterocycles. The molecule has 0 aromatic rings. The normalized spacial score (nSPS) is 33.5. The number of nitrogens with one attached hydrogen (secondary N) is 1. The highest BCUT2D eigenvalue weighted by Crippen LogP contribution is 2.44. The summed E-state index contributed by atoms with van der Waals surface area (Å²) < 4.78 is 45.2. The van der Waals surface area contributed by atoms with Crippen LogP contribution in [-0.4, -0.2) is 54.4 Å². The molecule has 1 N–H and O–H groups in total. The zero-order valence-corrected chi connectivity index (χ0v) is 13.5. The maximum absolute atomic E-state index is 13.1. The number of nitrogens with zero attached hydrogens (tertiary/aromatic N) is 1. The minimum atomic E-state index is -4.79. The molecule has 0 radical (unpaired) electrons. The number of carbonyl (C=O) groups is 1. The van der Waals surface area contributed by atoms with E-state index in [-0.39, 0.29) is 23.6 Å². The molecule has 2 saturated heterocycles. The molecule has 4 nitrogen and oxygen atoms in total. The molecular weight excluding hydrogens is 309 g/mol. The number of carbonyl (C=O) groups excluding carboxylic acids is 1. The minimum absolute atomic E-state index is 0.216. The zero-order valence-electron chi connectivity index (χ0n) is 13.5. The Morgan fingerprint density at radius 1 is 1.35 bits per heavy atom. The number of hydrogen-bond acceptors (Lipinski definition) is 3. The van der Waals surface area contributed by atoms with Crippen LogP contribution in [0.1, 0.15) is 45.4 Å². The standard InChI is InChI=1S/C16H25F3N2O2/c1-2-11-9-13(11)21(14(22)16(17,18)19)12-3-8-23-15(10-12)4-6-20-7-5-15/h11-13,20H,2-10H2,1H3/t11-,12?,13-/m1/s1. The van der Waals surface area contributed by atoms with Gasteiger partial charge in [-0.2, -0.15) is 13.2 Å². The van der Waals surface area contributed by atoms with Crippen LogP contribution in [0, 0.1) is 5.92 Å². The first-order valence-corrected chi connectivity index (χ1v) is 8.60. The average molecular weight is 334 g/mol. The van der Waals surface area contributed by atoms with E-state index in [4.69, 9.17) is 4.74 Å². The molecule has 2 heterocycles. The summed E-state index contributed by atoms with van der Waals surface area (Å²) in [5.41, 5.74) is -0.352. The van der Waals surface area contributed by atoms with Gasteiger partial charge in [-0.05, 0) is 51.1 Å². The quantitative estimate of drug-likeness (QED) is 0.862. The maximum atomic E-state index is 13.1. The smallest absolute Gasteiger partial charge is 0.375 e. The van der Waals surface area contributed by atoms with Gasteiger partial charge in [0, 0.05) is 18.7 Å². The number of ether oxygens (including phenoxy) is 1. The molecule has 132 valence electrons. The Labute approximate surface area is 134 Å². The van der Waals surface area contributed by atoms with Gasteiger partial charge in [-0.3, -0.25) is 4.79 Å². The van der Waals surface area contributed by atoms with Crippen LogP contribution in [0.4, 0.5) is 13.2 Å². The molecule has 0 bridgehead atoms. The first-order valence-electron chi connectivity index (χ1n) is 8.60. The van der Waals surface area contributed by atoms with E-state index in [1.54, 1.807) is 0 Å². The van der Waals surface area contributed by atoms with Crippen molar-refractivity contribution >= 4 is 5.91 Å². The number of hydrogen-bond donors (Lipinski definition) is 1. The molecule has 2 aliphatic heterocycles. The van der Waals surface area contributed by atoms with Crippen LogP contribution in [-0.2, 0) is 9.53 Å². The molecule has 1 aliphatic carbocycles. The Morgan fingerprint density at radius 3 is 2.61 bits per heavy atom. The lowest BCUT2D eigenvalue weighted by atomic mass is 9.82. The number of alkyl halides is 3. The van der Waals surface area contributed by atoms with E-state index in [9.17, 15) is 18.0 Å². The molecule has 23 heavy (non-hydrogen) atoms. The van der Waals surface area contributed by atoms with Crippen LogP contribution in [0.3, 0.4) is 0 Å². The van der Waals surface area contributed by atoms with Crippen molar-refractivity contribution < 1.29 is 22.7 Å². The van der Waals surface area contributed by atoms with Gasteiger partial charge in [0.2, 0.25) is 0 Å². The van der Waals surface area contributed by atoms with Crippen molar-refractivity contribution in [2.75, 3.05) is 19.7 Å². The van der Waals surface area contributed by atoms with E-state index in [2.05, 4.69) is 5.32 Å². The number of piperidine rings is 1. The molecule has 7 heteroatoms. The fourth-order valence-electron chi connectivity index (χ4n) is 4.21. The van der Waals surface area contributed by atoms with Gasteiger partial charge in [-0.1, -0.05) is 13.3 Å². The fraction of sp³-hybridized carbons (Fsp3) is 0.938. The fourth-order valence-corrected chi connectivity index (χ4v) is 4.21. The third-order valence-corrected chi connectivity index (χ3v) is 5.62. The van der Waals surface area contributed by atoms with Crippen molar-refractivity contribution in [3.05, 3.63) is 0 Å². The third-order valence-electron chi connectivity index (χ3n) is 5.62. The SMILES string of the molecule is CC[C@@H]1C[C@H]1N(C(=O)C(F)(F)F)C1CCOC2(CCNCC2)C1. The molecule has 1 amide bonds. The Bertz CT molecular complexity index is 444. The van der Waals surface area contributed by atoms with Crippen LogP contribution in [0.5, 0.6) is 0 Å². The van der Waals surface area contributed by atoms with E-state index in [0.29, 0.717) is 25.9 Å². The first-order chi connectivity index (χ1) is 10.9. The minimum Gasteiger partial charge on any atom is -0.375 e. The molecule has 3 fully saturated rings. The second-order valence-electron chi connectivity index (χ2n) is 7.11. The molecule has 1 unspecified atom stereocenters. The van der Waals surface area contributed by atoms with E-state index in [1.165, 1.54) is 4.90 Å². The van der Waals surface area contributed by atoms with Crippen molar-refractivity contribution in [1.29, 1.82) is 0 Å². The van der Waals surface area contributed by atoms with Crippen LogP contribution in [0.2, 0.25) is 0 Å². The van der Waals surface area contributed by atoms with Crippen LogP contribution in [0.25, 0.3) is 0 Å². The van der Waals surface area contributed by atoms with Crippen LogP contribution < -0.4 is 5.32 Å². The van der Waals surface area contributed by atoms with Gasteiger partial charge in [-0.15, -0.1) is 0 Å². The van der Waals surface area contributed by atoms with Crippen LogP contribution >= 0.6 is 0 Å². The summed E-state index contributed by atoms with van der Waals surface area (Å²) in [4.78, 5) is 13.2. The predicted octanol–water partition coefficient (Wildman–Crippen LogP) is 2.48. The zero-order chi connectivity index (χ0) is 16.7. The summed E-state index contributed by atoms with van der Waals surface area (Å²) in [5.74, 6) is -1.44. The van der Waals surface area contributed by atoms with Gasteiger partial charge in [0.05, 0.1) is 5.60 Å². The maximum Gasteiger partial charge on any atom is 0.471 e. The monoisotopic (exact) mass is 334 g/mol.